The summed E-state index contributed by atoms with van der Waals surface area (Å²) in [4.78, 5) is 4.69. The van der Waals surface area contributed by atoms with Gasteiger partial charge in [0, 0.05) is 28.7 Å². The van der Waals surface area contributed by atoms with Crippen LogP contribution in [-0.2, 0) is 0 Å². The van der Waals surface area contributed by atoms with Gasteiger partial charge in [0.2, 0.25) is 0 Å². The molecule has 0 saturated heterocycles. The van der Waals surface area contributed by atoms with Crippen LogP contribution in [0.3, 0.4) is 0 Å². The number of aromatic nitrogens is 1. The third-order valence-electron chi connectivity index (χ3n) is 3.46. The zero-order valence-corrected chi connectivity index (χ0v) is 13.3. The summed E-state index contributed by atoms with van der Waals surface area (Å²) in [5.41, 5.74) is 4.03. The molecule has 1 unspecified atom stereocenters. The smallest absolute Gasteiger partial charge is 0.124 e. The van der Waals surface area contributed by atoms with Crippen molar-refractivity contribution in [3.05, 3.63) is 60.0 Å². The number of hydrogen-bond donors (Lipinski definition) is 3. The highest BCUT2D eigenvalue weighted by molar-refractivity contribution is 7.13. The molecule has 0 amide bonds. The second kappa shape index (κ2) is 7.37. The molecular weight excluding hydrogens is 308 g/mol. The van der Waals surface area contributed by atoms with Crippen molar-refractivity contribution in [1.82, 2.24) is 4.98 Å². The van der Waals surface area contributed by atoms with Crippen LogP contribution >= 0.6 is 11.3 Å². The molecule has 0 bridgehead atoms. The molecule has 3 rings (SSSR count). The minimum absolute atomic E-state index is 0.244. The molecule has 1 heterocycles. The van der Waals surface area contributed by atoms with Crippen LogP contribution in [0.1, 0.15) is 0 Å². The molecular formula is C18H18N2O2S. The molecule has 3 aromatic rings. The van der Waals surface area contributed by atoms with Crippen molar-refractivity contribution >= 4 is 17.0 Å². The average molecular weight is 326 g/mol. The van der Waals surface area contributed by atoms with Gasteiger partial charge in [-0.1, -0.05) is 42.5 Å². The van der Waals surface area contributed by atoms with Crippen LogP contribution in [0.2, 0.25) is 0 Å². The van der Waals surface area contributed by atoms with Gasteiger partial charge in [0.1, 0.15) is 5.01 Å². The first kappa shape index (κ1) is 15.7. The second-order valence-corrected chi connectivity index (χ2v) is 6.06. The lowest BCUT2D eigenvalue weighted by atomic mass is 10.1. The fourth-order valence-electron chi connectivity index (χ4n) is 2.18. The number of benzene rings is 2. The number of anilines is 1. The molecule has 1 aromatic heterocycles. The van der Waals surface area contributed by atoms with E-state index in [2.05, 4.69) is 22.8 Å². The minimum atomic E-state index is -0.748. The molecule has 0 aliphatic rings. The van der Waals surface area contributed by atoms with Crippen LogP contribution in [0.4, 0.5) is 5.69 Å². The van der Waals surface area contributed by atoms with Gasteiger partial charge in [0.25, 0.3) is 0 Å². The molecule has 0 aliphatic carbocycles. The van der Waals surface area contributed by atoms with E-state index >= 15 is 0 Å². The predicted molar refractivity (Wildman–Crippen MR) is 94.6 cm³/mol. The number of rotatable bonds is 6. The average Bonchev–Trinajstić information content (AvgIpc) is 3.11. The maximum absolute atomic E-state index is 9.34. The molecule has 2 aromatic carbocycles. The van der Waals surface area contributed by atoms with Gasteiger partial charge in [-0.2, -0.15) is 0 Å². The summed E-state index contributed by atoms with van der Waals surface area (Å²) in [6.45, 7) is 0.0802. The van der Waals surface area contributed by atoms with E-state index in [-0.39, 0.29) is 6.61 Å². The van der Waals surface area contributed by atoms with E-state index in [0.717, 1.165) is 27.5 Å². The number of nitrogens with one attached hydrogen (secondary N) is 1. The largest absolute Gasteiger partial charge is 0.394 e. The lowest BCUT2D eigenvalue weighted by Crippen LogP contribution is -2.22. The van der Waals surface area contributed by atoms with Crippen molar-refractivity contribution in [3.8, 4) is 21.8 Å². The van der Waals surface area contributed by atoms with Crippen LogP contribution in [0.5, 0.6) is 0 Å². The zero-order chi connectivity index (χ0) is 16.1. The number of hydrogen-bond acceptors (Lipinski definition) is 5. The summed E-state index contributed by atoms with van der Waals surface area (Å²) < 4.78 is 0. The Morgan fingerprint density at radius 2 is 1.74 bits per heavy atom. The molecule has 0 fully saturated rings. The van der Waals surface area contributed by atoms with E-state index in [1.165, 1.54) is 0 Å². The number of aliphatic hydroxyl groups excluding tert-OH is 2. The van der Waals surface area contributed by atoms with Crippen molar-refractivity contribution in [2.75, 3.05) is 18.5 Å². The van der Waals surface area contributed by atoms with E-state index in [0.29, 0.717) is 6.54 Å². The number of nitrogens with zero attached hydrogens (tertiary/aromatic N) is 1. The van der Waals surface area contributed by atoms with Gasteiger partial charge in [-0.25, -0.2) is 4.98 Å². The molecule has 0 spiro atoms. The maximum atomic E-state index is 9.34. The Hall–Kier alpha value is -2.21. The van der Waals surface area contributed by atoms with Gasteiger partial charge in [-0.3, -0.25) is 0 Å². The second-order valence-electron chi connectivity index (χ2n) is 5.20. The number of aliphatic hydroxyl groups is 2. The van der Waals surface area contributed by atoms with E-state index in [1.807, 2.05) is 42.5 Å². The molecule has 23 heavy (non-hydrogen) atoms. The predicted octanol–water partition coefficient (Wildman–Crippen LogP) is 3.24. The van der Waals surface area contributed by atoms with Crippen LogP contribution in [0.25, 0.3) is 21.8 Å². The maximum Gasteiger partial charge on any atom is 0.124 e. The topological polar surface area (TPSA) is 65.4 Å². The highest BCUT2D eigenvalue weighted by Gasteiger charge is 2.07. The van der Waals surface area contributed by atoms with Gasteiger partial charge in [-0.05, 0) is 12.1 Å². The lowest BCUT2D eigenvalue weighted by molar-refractivity contribution is 0.105. The molecule has 5 heteroatoms. The fraction of sp³-hybridized carbons (Fsp3) is 0.167. The monoisotopic (exact) mass is 326 g/mol. The van der Waals surface area contributed by atoms with Gasteiger partial charge in [0.15, 0.2) is 0 Å². The summed E-state index contributed by atoms with van der Waals surface area (Å²) in [5.74, 6) is 0. The molecule has 0 saturated carbocycles. The van der Waals surface area contributed by atoms with Gasteiger partial charge >= 0.3 is 0 Å². The van der Waals surface area contributed by atoms with Crippen LogP contribution < -0.4 is 5.32 Å². The fourth-order valence-corrected chi connectivity index (χ4v) is 3.01. The van der Waals surface area contributed by atoms with Crippen LogP contribution in [0.15, 0.2) is 60.0 Å². The Balaban J connectivity index is 1.71. The van der Waals surface area contributed by atoms with Crippen molar-refractivity contribution in [1.29, 1.82) is 0 Å². The van der Waals surface area contributed by atoms with Crippen molar-refractivity contribution in [2.24, 2.45) is 0 Å². The first-order valence-electron chi connectivity index (χ1n) is 7.40. The third-order valence-corrected chi connectivity index (χ3v) is 4.35. The summed E-state index contributed by atoms with van der Waals surface area (Å²) in [6.07, 6.45) is -0.748. The van der Waals surface area contributed by atoms with Gasteiger partial charge < -0.3 is 15.5 Å². The Morgan fingerprint density at radius 3 is 2.43 bits per heavy atom. The molecule has 1 atom stereocenters. The Bertz CT molecular complexity index is 741. The van der Waals surface area contributed by atoms with E-state index < -0.39 is 6.10 Å². The van der Waals surface area contributed by atoms with E-state index in [9.17, 15) is 5.11 Å². The first-order chi connectivity index (χ1) is 11.3. The van der Waals surface area contributed by atoms with Crippen molar-refractivity contribution in [3.63, 3.8) is 0 Å². The Labute approximate surface area is 139 Å². The summed E-state index contributed by atoms with van der Waals surface area (Å²) in [6, 6.07) is 18.0. The highest BCUT2D eigenvalue weighted by Crippen LogP contribution is 2.29. The molecule has 118 valence electrons. The molecule has 4 nitrogen and oxygen atoms in total. The first-order valence-corrected chi connectivity index (χ1v) is 8.28. The summed E-state index contributed by atoms with van der Waals surface area (Å²) >= 11 is 1.63. The SMILES string of the molecule is OCC(O)CNc1ccc(-c2csc(-c3ccccc3)n2)cc1. The number of thiazole rings is 1. The Kier molecular flexibility index (Phi) is 5.02. The molecule has 0 radical (unpaired) electrons. The van der Waals surface area contributed by atoms with E-state index in [4.69, 9.17) is 10.1 Å². The standard InChI is InChI=1S/C18H18N2O2S/c21-11-16(22)10-19-15-8-6-13(7-9-15)17-12-23-18(20-17)14-4-2-1-3-5-14/h1-9,12,16,19,21-22H,10-11H2. The van der Waals surface area contributed by atoms with Gasteiger partial charge in [-0.15, -0.1) is 11.3 Å². The van der Waals surface area contributed by atoms with Gasteiger partial charge in [0.05, 0.1) is 18.4 Å². The van der Waals surface area contributed by atoms with Crippen molar-refractivity contribution in [2.45, 2.75) is 6.10 Å². The zero-order valence-electron chi connectivity index (χ0n) is 12.5. The quantitative estimate of drug-likeness (QED) is 0.650. The van der Waals surface area contributed by atoms with E-state index in [1.54, 1.807) is 11.3 Å². The van der Waals surface area contributed by atoms with Crippen LogP contribution in [0, 0.1) is 0 Å². The summed E-state index contributed by atoms with van der Waals surface area (Å²) in [5, 5.41) is 24.3. The third kappa shape index (κ3) is 3.96. The summed E-state index contributed by atoms with van der Waals surface area (Å²) in [7, 11) is 0. The lowest BCUT2D eigenvalue weighted by Gasteiger charge is -2.10. The Morgan fingerprint density at radius 1 is 1.00 bits per heavy atom. The minimum Gasteiger partial charge on any atom is -0.394 e. The molecule has 3 N–H and O–H groups in total. The normalized spacial score (nSPS) is 12.1. The molecule has 0 aliphatic heterocycles. The highest BCUT2D eigenvalue weighted by atomic mass is 32.1. The van der Waals surface area contributed by atoms with Crippen LogP contribution in [-0.4, -0.2) is 34.5 Å². The van der Waals surface area contributed by atoms with Crippen molar-refractivity contribution < 1.29 is 10.2 Å².